The van der Waals surface area contributed by atoms with Crippen LogP contribution < -0.4 is 21.3 Å². The smallest absolute Gasteiger partial charge is 0.306 e. The van der Waals surface area contributed by atoms with Crippen LogP contribution >= 0.6 is 0 Å². The van der Waals surface area contributed by atoms with Gasteiger partial charge in [0.1, 0.15) is 24.4 Å². The molecule has 0 amide bonds. The fourth-order valence-electron chi connectivity index (χ4n) is 11.8. The van der Waals surface area contributed by atoms with E-state index in [4.69, 9.17) is 18.9 Å². The average molecular weight is 909 g/mol. The summed E-state index contributed by atoms with van der Waals surface area (Å²) < 4.78 is 23.4. The lowest BCUT2D eigenvalue weighted by atomic mass is 9.81. The van der Waals surface area contributed by atoms with Gasteiger partial charge in [-0.05, 0) is 124 Å². The van der Waals surface area contributed by atoms with Gasteiger partial charge < -0.3 is 45.7 Å². The number of allylic oxidation sites excluding steroid dienone is 1. The van der Waals surface area contributed by atoms with Crippen LogP contribution in [0.5, 0.6) is 0 Å². The first kappa shape index (κ1) is 59.8. The van der Waals surface area contributed by atoms with Gasteiger partial charge in [-0.3, -0.25) is 14.4 Å². The standard InChI is InChI=1S/C29H54N2O3.C22H40N2O4.CH4.H2O/c1-22(33-23-18-26(2,3)30-27(4,5)19-23)16-14-12-10-11-13-15-17-25(32)34-24-20-28(6,7)31-29(8,9)21-24;1-19(2)11-15(12-20(3,4)23-19)27-17(25)9-10-18(26)28-16-13-21(5,6)24-22(7,8)14-16;;/h23-24,30-31H,1,10-21H2,2-9H3;15-16,23-24H,9-14H2,1-8H3;1H4;1H2. The summed E-state index contributed by atoms with van der Waals surface area (Å²) in [6.07, 6.45) is 15.2. The van der Waals surface area contributed by atoms with E-state index in [1.807, 2.05) is 0 Å². The summed E-state index contributed by atoms with van der Waals surface area (Å²) >= 11 is 0. The monoisotopic (exact) mass is 909 g/mol. The third-order valence-corrected chi connectivity index (χ3v) is 12.5. The summed E-state index contributed by atoms with van der Waals surface area (Å²) in [4.78, 5) is 36.9. The Morgan fingerprint density at radius 2 is 0.578 bits per heavy atom. The van der Waals surface area contributed by atoms with E-state index in [9.17, 15) is 14.4 Å². The van der Waals surface area contributed by atoms with Crippen LogP contribution in [-0.4, -0.2) is 92.1 Å². The highest BCUT2D eigenvalue weighted by atomic mass is 16.6. The van der Waals surface area contributed by atoms with Crippen LogP contribution in [0.25, 0.3) is 0 Å². The molecule has 0 aromatic heterocycles. The fourth-order valence-corrected chi connectivity index (χ4v) is 11.8. The highest BCUT2D eigenvalue weighted by Gasteiger charge is 2.42. The summed E-state index contributed by atoms with van der Waals surface area (Å²) in [7, 11) is 0. The van der Waals surface area contributed by atoms with E-state index in [2.05, 4.69) is 139 Å². The minimum Gasteiger partial charge on any atom is -0.495 e. The highest BCUT2D eigenvalue weighted by molar-refractivity contribution is 5.77. The van der Waals surface area contributed by atoms with Crippen LogP contribution in [0, 0.1) is 0 Å². The molecular formula is C52H100N4O8. The van der Waals surface area contributed by atoms with Crippen LogP contribution in [0.15, 0.2) is 12.3 Å². The van der Waals surface area contributed by atoms with Gasteiger partial charge in [-0.2, -0.15) is 0 Å². The predicted octanol–water partition coefficient (Wildman–Crippen LogP) is 10.1. The minimum absolute atomic E-state index is 0. The van der Waals surface area contributed by atoms with E-state index in [0.29, 0.717) is 6.42 Å². The molecule has 376 valence electrons. The molecule has 0 spiro atoms. The van der Waals surface area contributed by atoms with E-state index < -0.39 is 0 Å². The molecule has 4 fully saturated rings. The zero-order chi connectivity index (χ0) is 47.0. The molecule has 12 nitrogen and oxygen atoms in total. The van der Waals surface area contributed by atoms with Gasteiger partial charge in [0.2, 0.25) is 0 Å². The number of carbonyl (C=O) groups is 3. The second-order valence-electron chi connectivity index (χ2n) is 24.9. The molecule has 6 N–H and O–H groups in total. The Balaban J connectivity index is 0.000000631. The van der Waals surface area contributed by atoms with Gasteiger partial charge >= 0.3 is 17.9 Å². The van der Waals surface area contributed by atoms with Crippen LogP contribution in [0.1, 0.15) is 234 Å². The third kappa shape index (κ3) is 23.5. The van der Waals surface area contributed by atoms with Gasteiger partial charge in [-0.15, -0.1) is 0 Å². The fraction of sp³-hybridized carbons (Fsp3) is 0.904. The largest absolute Gasteiger partial charge is 0.495 e. The van der Waals surface area contributed by atoms with E-state index in [-0.39, 0.29) is 112 Å². The lowest BCUT2D eigenvalue weighted by Crippen LogP contribution is -2.59. The number of carbonyl (C=O) groups excluding carboxylic acids is 3. The molecule has 0 aliphatic carbocycles. The number of hydrogen-bond donors (Lipinski definition) is 4. The number of ether oxygens (including phenoxy) is 4. The van der Waals surface area contributed by atoms with Crippen LogP contribution in [0.2, 0.25) is 0 Å². The Morgan fingerprint density at radius 3 is 0.844 bits per heavy atom. The molecule has 0 atom stereocenters. The van der Waals surface area contributed by atoms with Crippen molar-refractivity contribution in [3.63, 3.8) is 0 Å². The van der Waals surface area contributed by atoms with Crippen molar-refractivity contribution in [3.05, 3.63) is 12.3 Å². The SMILES string of the molecule is C.C=C(CCCCCCCCC(=O)OC1CC(C)(C)NC(C)(C)C1)OC1CC(C)(C)NC(C)(C)C1.CC1(C)CC(OC(=O)CCC(=O)OC2CC(C)(C)NC(C)(C)C2)CC(C)(C)N1.O. The van der Waals surface area contributed by atoms with Gasteiger partial charge in [-0.1, -0.05) is 39.7 Å². The molecule has 64 heavy (non-hydrogen) atoms. The minimum atomic E-state index is -0.318. The number of hydrogen-bond acceptors (Lipinski definition) is 11. The normalized spacial score (nSPS) is 24.2. The van der Waals surface area contributed by atoms with Crippen molar-refractivity contribution in [2.75, 3.05) is 0 Å². The Bertz CT molecular complexity index is 1330. The first-order valence-electron chi connectivity index (χ1n) is 24.2. The summed E-state index contributed by atoms with van der Waals surface area (Å²) in [6.45, 7) is 38.9. The molecule has 12 heteroatoms. The molecule has 4 heterocycles. The van der Waals surface area contributed by atoms with E-state index >= 15 is 0 Å². The zero-order valence-corrected chi connectivity index (χ0v) is 43.1. The van der Waals surface area contributed by atoms with E-state index in [0.717, 1.165) is 82.8 Å². The van der Waals surface area contributed by atoms with Gasteiger partial charge in [0.15, 0.2) is 0 Å². The molecule has 4 rings (SSSR count). The maximum Gasteiger partial charge on any atom is 0.306 e. The van der Waals surface area contributed by atoms with Crippen LogP contribution in [0.4, 0.5) is 0 Å². The average Bonchev–Trinajstić information content (AvgIpc) is 2.99. The van der Waals surface area contributed by atoms with E-state index in [1.165, 1.54) is 19.3 Å². The quantitative estimate of drug-likeness (QED) is 0.0475. The molecule has 0 aromatic carbocycles. The molecule has 0 saturated carbocycles. The van der Waals surface area contributed by atoms with Crippen molar-refractivity contribution in [1.82, 2.24) is 21.3 Å². The van der Waals surface area contributed by atoms with Gasteiger partial charge in [0.05, 0.1) is 18.6 Å². The van der Waals surface area contributed by atoms with Crippen molar-refractivity contribution in [2.45, 2.75) is 303 Å². The zero-order valence-electron chi connectivity index (χ0n) is 43.1. The van der Waals surface area contributed by atoms with Gasteiger partial charge in [-0.25, -0.2) is 0 Å². The molecule has 0 unspecified atom stereocenters. The Kier molecular flexibility index (Phi) is 22.1. The van der Waals surface area contributed by atoms with Gasteiger partial charge in [0.25, 0.3) is 0 Å². The lowest BCUT2D eigenvalue weighted by Gasteiger charge is -2.46. The van der Waals surface area contributed by atoms with Gasteiger partial charge in [0, 0.05) is 109 Å². The van der Waals surface area contributed by atoms with Crippen LogP contribution in [0.3, 0.4) is 0 Å². The Labute approximate surface area is 391 Å². The second kappa shape index (κ2) is 23.7. The second-order valence-corrected chi connectivity index (χ2v) is 24.9. The first-order valence-corrected chi connectivity index (χ1v) is 24.2. The first-order chi connectivity index (χ1) is 28.1. The summed E-state index contributed by atoms with van der Waals surface area (Å²) in [5.41, 5.74) is -0.130. The highest BCUT2D eigenvalue weighted by Crippen LogP contribution is 2.34. The van der Waals surface area contributed by atoms with Crippen molar-refractivity contribution >= 4 is 17.9 Å². The molecule has 4 aliphatic heterocycles. The molecular weight excluding hydrogens is 809 g/mol. The molecule has 4 aliphatic rings. The summed E-state index contributed by atoms with van der Waals surface area (Å²) in [5.74, 6) is 0.268. The number of piperidine rings is 4. The van der Waals surface area contributed by atoms with Crippen molar-refractivity contribution in [2.24, 2.45) is 0 Å². The number of rotatable bonds is 17. The lowest BCUT2D eigenvalue weighted by molar-refractivity contribution is -0.160. The third-order valence-electron chi connectivity index (χ3n) is 12.5. The maximum atomic E-state index is 12.3. The van der Waals surface area contributed by atoms with E-state index in [1.54, 1.807) is 0 Å². The molecule has 0 bridgehead atoms. The van der Waals surface area contributed by atoms with Crippen molar-refractivity contribution in [3.8, 4) is 0 Å². The summed E-state index contributed by atoms with van der Waals surface area (Å²) in [6, 6.07) is 0. The number of nitrogens with one attached hydrogen (secondary N) is 4. The number of unbranched alkanes of at least 4 members (excludes halogenated alkanes) is 5. The van der Waals surface area contributed by atoms with Crippen LogP contribution in [-0.2, 0) is 33.3 Å². The van der Waals surface area contributed by atoms with Crippen molar-refractivity contribution in [1.29, 1.82) is 0 Å². The summed E-state index contributed by atoms with van der Waals surface area (Å²) in [5, 5.41) is 14.5. The molecule has 0 radical (unpaired) electrons. The number of esters is 3. The molecule has 4 saturated heterocycles. The molecule has 0 aromatic rings. The maximum absolute atomic E-state index is 12.3. The topological polar surface area (TPSA) is 168 Å². The van der Waals surface area contributed by atoms with Crippen molar-refractivity contribution < 1.29 is 38.8 Å². The Morgan fingerprint density at radius 1 is 0.375 bits per heavy atom. The Hall–Kier alpha value is -2.25. The predicted molar refractivity (Wildman–Crippen MR) is 262 cm³/mol.